The van der Waals surface area contributed by atoms with Crippen molar-refractivity contribution in [1.82, 2.24) is 0 Å². The number of rotatable bonds is 1. The third-order valence-electron chi connectivity index (χ3n) is 6.40. The van der Waals surface area contributed by atoms with Gasteiger partial charge in [0.05, 0.1) is 6.61 Å². The molecule has 5 fully saturated rings. The Labute approximate surface area is 142 Å². The Hall–Kier alpha value is -0.240. The average Bonchev–Trinajstić information content (AvgIpc) is 3.24. The van der Waals surface area contributed by atoms with E-state index in [4.69, 9.17) is 23.7 Å². The predicted molar refractivity (Wildman–Crippen MR) is 83.1 cm³/mol. The standard InChI is InChI=1S/C18H28O6/c19-16-15-14(23-18(24-15)9-5-2-6-10-18)13(21-16)12-11-20-17(22-12)7-3-1-4-8-17/h12-16,19H,1-11H2/t12-,13+,14-,15+,16+/m0/s1. The van der Waals surface area contributed by atoms with E-state index in [0.717, 1.165) is 51.4 Å². The van der Waals surface area contributed by atoms with Gasteiger partial charge in [-0.1, -0.05) is 12.8 Å². The molecule has 0 aromatic carbocycles. The molecule has 0 amide bonds. The van der Waals surface area contributed by atoms with E-state index in [1.54, 1.807) is 0 Å². The molecule has 0 bridgehead atoms. The summed E-state index contributed by atoms with van der Waals surface area (Å²) >= 11 is 0. The van der Waals surface area contributed by atoms with Gasteiger partial charge in [-0.25, -0.2) is 0 Å². The first-order valence-electron chi connectivity index (χ1n) is 9.70. The van der Waals surface area contributed by atoms with Crippen LogP contribution in [0.1, 0.15) is 64.2 Å². The topological polar surface area (TPSA) is 66.4 Å². The summed E-state index contributed by atoms with van der Waals surface area (Å²) in [6.45, 7) is 0.511. The van der Waals surface area contributed by atoms with Crippen LogP contribution in [0.3, 0.4) is 0 Å². The fraction of sp³-hybridized carbons (Fsp3) is 1.00. The van der Waals surface area contributed by atoms with Gasteiger partial charge in [0.1, 0.15) is 24.4 Å². The first-order valence-corrected chi connectivity index (χ1v) is 9.70. The molecule has 1 N–H and O–H groups in total. The Balaban J connectivity index is 1.30. The molecule has 24 heavy (non-hydrogen) atoms. The molecule has 3 aliphatic heterocycles. The van der Waals surface area contributed by atoms with Gasteiger partial charge in [-0.2, -0.15) is 0 Å². The maximum absolute atomic E-state index is 10.3. The molecule has 2 spiro atoms. The van der Waals surface area contributed by atoms with Gasteiger partial charge in [0.15, 0.2) is 17.9 Å². The number of ether oxygens (including phenoxy) is 5. The van der Waals surface area contributed by atoms with Crippen molar-refractivity contribution >= 4 is 0 Å². The molecule has 136 valence electrons. The van der Waals surface area contributed by atoms with E-state index in [0.29, 0.717) is 6.61 Å². The summed E-state index contributed by atoms with van der Waals surface area (Å²) in [5.41, 5.74) is 0. The molecule has 3 saturated heterocycles. The molecular weight excluding hydrogens is 312 g/mol. The lowest BCUT2D eigenvalue weighted by Gasteiger charge is -2.35. The molecule has 0 aromatic heterocycles. The van der Waals surface area contributed by atoms with Crippen LogP contribution in [0.2, 0.25) is 0 Å². The fourth-order valence-electron chi connectivity index (χ4n) is 5.17. The van der Waals surface area contributed by atoms with Crippen LogP contribution in [-0.2, 0) is 23.7 Å². The molecule has 3 heterocycles. The molecule has 6 heteroatoms. The highest BCUT2D eigenvalue weighted by Crippen LogP contribution is 2.48. The van der Waals surface area contributed by atoms with Crippen LogP contribution in [0.25, 0.3) is 0 Å². The molecule has 2 aliphatic carbocycles. The van der Waals surface area contributed by atoms with E-state index in [9.17, 15) is 5.11 Å². The first-order chi connectivity index (χ1) is 11.7. The van der Waals surface area contributed by atoms with Crippen LogP contribution in [-0.4, -0.2) is 54.0 Å². The van der Waals surface area contributed by atoms with Crippen molar-refractivity contribution in [2.75, 3.05) is 6.61 Å². The molecule has 5 rings (SSSR count). The van der Waals surface area contributed by atoms with Crippen LogP contribution in [0.15, 0.2) is 0 Å². The highest BCUT2D eigenvalue weighted by atomic mass is 16.8. The maximum Gasteiger partial charge on any atom is 0.184 e. The second-order valence-electron chi connectivity index (χ2n) is 8.07. The van der Waals surface area contributed by atoms with E-state index in [2.05, 4.69) is 0 Å². The maximum atomic E-state index is 10.3. The predicted octanol–water partition coefficient (Wildman–Crippen LogP) is 2.22. The average molecular weight is 340 g/mol. The second kappa shape index (κ2) is 5.89. The van der Waals surface area contributed by atoms with E-state index in [1.807, 2.05) is 0 Å². The second-order valence-corrected chi connectivity index (χ2v) is 8.07. The van der Waals surface area contributed by atoms with Gasteiger partial charge < -0.3 is 28.8 Å². The Morgan fingerprint density at radius 2 is 1.29 bits per heavy atom. The summed E-state index contributed by atoms with van der Waals surface area (Å²) in [5.74, 6) is -0.949. The third kappa shape index (κ3) is 2.54. The normalized spacial score (nSPS) is 46.6. The lowest BCUT2D eigenvalue weighted by molar-refractivity contribution is -0.260. The van der Waals surface area contributed by atoms with Crippen LogP contribution >= 0.6 is 0 Å². The summed E-state index contributed by atoms with van der Waals surface area (Å²) < 4.78 is 30.6. The summed E-state index contributed by atoms with van der Waals surface area (Å²) in [4.78, 5) is 0. The van der Waals surface area contributed by atoms with Crippen LogP contribution in [0, 0.1) is 0 Å². The van der Waals surface area contributed by atoms with Gasteiger partial charge >= 0.3 is 0 Å². The smallest absolute Gasteiger partial charge is 0.184 e. The molecule has 0 unspecified atom stereocenters. The minimum Gasteiger partial charge on any atom is -0.366 e. The van der Waals surface area contributed by atoms with Gasteiger partial charge in [0.2, 0.25) is 0 Å². The molecule has 0 aromatic rings. The first kappa shape index (κ1) is 16.0. The molecule has 5 aliphatic rings. The van der Waals surface area contributed by atoms with Crippen molar-refractivity contribution in [2.24, 2.45) is 0 Å². The number of hydrogen-bond donors (Lipinski definition) is 1. The third-order valence-corrected chi connectivity index (χ3v) is 6.40. The number of aliphatic hydroxyl groups excluding tert-OH is 1. The lowest BCUT2D eigenvalue weighted by atomic mass is 9.94. The van der Waals surface area contributed by atoms with E-state index in [1.165, 1.54) is 12.8 Å². The Morgan fingerprint density at radius 3 is 2.00 bits per heavy atom. The summed E-state index contributed by atoms with van der Waals surface area (Å²) in [6, 6.07) is 0. The highest BCUT2D eigenvalue weighted by Gasteiger charge is 2.61. The van der Waals surface area contributed by atoms with Crippen LogP contribution < -0.4 is 0 Å². The van der Waals surface area contributed by atoms with E-state index in [-0.39, 0.29) is 18.3 Å². The van der Waals surface area contributed by atoms with Crippen molar-refractivity contribution in [1.29, 1.82) is 0 Å². The van der Waals surface area contributed by atoms with Gasteiger partial charge in [0, 0.05) is 25.7 Å². The molecular formula is C18H28O6. The zero-order valence-corrected chi connectivity index (χ0v) is 14.2. The van der Waals surface area contributed by atoms with Crippen molar-refractivity contribution < 1.29 is 28.8 Å². The van der Waals surface area contributed by atoms with E-state index < -0.39 is 24.0 Å². The lowest BCUT2D eigenvalue weighted by Crippen LogP contribution is -2.43. The number of hydrogen-bond acceptors (Lipinski definition) is 6. The van der Waals surface area contributed by atoms with Crippen molar-refractivity contribution in [3.63, 3.8) is 0 Å². The van der Waals surface area contributed by atoms with Gasteiger partial charge in [0.25, 0.3) is 0 Å². The van der Waals surface area contributed by atoms with Crippen LogP contribution in [0.5, 0.6) is 0 Å². The van der Waals surface area contributed by atoms with Crippen molar-refractivity contribution in [3.8, 4) is 0 Å². The molecule has 0 radical (unpaired) electrons. The number of aliphatic hydroxyl groups is 1. The highest BCUT2D eigenvalue weighted by molar-refractivity contribution is 5.01. The quantitative estimate of drug-likeness (QED) is 0.789. The summed E-state index contributed by atoms with van der Waals surface area (Å²) in [5, 5.41) is 10.3. The van der Waals surface area contributed by atoms with Crippen LogP contribution in [0.4, 0.5) is 0 Å². The summed E-state index contributed by atoms with van der Waals surface area (Å²) in [7, 11) is 0. The Kier molecular flexibility index (Phi) is 3.92. The largest absolute Gasteiger partial charge is 0.366 e. The van der Waals surface area contributed by atoms with Gasteiger partial charge in [-0.3, -0.25) is 0 Å². The zero-order chi connectivity index (χ0) is 16.2. The minimum absolute atomic E-state index is 0.185. The van der Waals surface area contributed by atoms with Crippen molar-refractivity contribution in [3.05, 3.63) is 0 Å². The van der Waals surface area contributed by atoms with Gasteiger partial charge in [-0.15, -0.1) is 0 Å². The SMILES string of the molecule is O[C@@H]1O[C@H]([C@@H]2COC3(CCCCC3)O2)[C@@H]2OC3(CCCCC3)O[C@H]21. The van der Waals surface area contributed by atoms with Crippen molar-refractivity contribution in [2.45, 2.75) is 106 Å². The van der Waals surface area contributed by atoms with E-state index >= 15 is 0 Å². The van der Waals surface area contributed by atoms with Gasteiger partial charge in [-0.05, 0) is 25.7 Å². The number of fused-ring (bicyclic) bond motifs is 1. The zero-order valence-electron chi connectivity index (χ0n) is 14.2. The Bertz CT molecular complexity index is 470. The summed E-state index contributed by atoms with van der Waals surface area (Å²) in [6.07, 6.45) is 8.64. The molecule has 5 atom stereocenters. The minimum atomic E-state index is -0.937. The fourth-order valence-corrected chi connectivity index (χ4v) is 5.17. The monoisotopic (exact) mass is 340 g/mol. The Morgan fingerprint density at radius 1 is 0.667 bits per heavy atom. The molecule has 6 nitrogen and oxygen atoms in total. The molecule has 2 saturated carbocycles.